The number of nitrogens with zero attached hydrogens (tertiary/aromatic N) is 1. The molecule has 110 valence electrons. The summed E-state index contributed by atoms with van der Waals surface area (Å²) >= 11 is 0. The third-order valence-corrected chi connectivity index (χ3v) is 3.05. The molecule has 2 atom stereocenters. The number of carbonyl (C=O) groups is 2. The molecule has 0 N–H and O–H groups in total. The van der Waals surface area contributed by atoms with Gasteiger partial charge >= 0.3 is 12.1 Å². The molecule has 5 heteroatoms. The molecule has 0 bridgehead atoms. The summed E-state index contributed by atoms with van der Waals surface area (Å²) in [4.78, 5) is 25.6. The van der Waals surface area contributed by atoms with Crippen molar-refractivity contribution in [1.82, 2.24) is 4.90 Å². The third-order valence-electron chi connectivity index (χ3n) is 3.05. The summed E-state index contributed by atoms with van der Waals surface area (Å²) in [5.41, 5.74) is -0.556. The number of ether oxygens (including phenoxy) is 2. The van der Waals surface area contributed by atoms with Crippen LogP contribution in [0.3, 0.4) is 0 Å². The number of hydrogen-bond acceptors (Lipinski definition) is 4. The number of amides is 1. The highest BCUT2D eigenvalue weighted by Gasteiger charge is 2.37. The predicted octanol–water partition coefficient (Wildman–Crippen LogP) is 2.59. The summed E-state index contributed by atoms with van der Waals surface area (Å²) in [6.45, 7) is 10.2. The largest absolute Gasteiger partial charge is 0.464 e. The number of hydrogen-bond donors (Lipinski definition) is 0. The molecule has 1 amide bonds. The lowest BCUT2D eigenvalue weighted by atomic mass is 9.93. The van der Waals surface area contributed by atoms with Gasteiger partial charge in [0, 0.05) is 6.54 Å². The molecule has 1 saturated heterocycles. The minimum absolute atomic E-state index is 0.325. The Morgan fingerprint density at radius 1 is 1.32 bits per heavy atom. The molecule has 1 aliphatic heterocycles. The Kier molecular flexibility index (Phi) is 5.20. The van der Waals surface area contributed by atoms with Crippen molar-refractivity contribution in [1.29, 1.82) is 0 Å². The van der Waals surface area contributed by atoms with Gasteiger partial charge in [0.1, 0.15) is 11.6 Å². The number of carbonyl (C=O) groups excluding carboxylic acids is 2. The van der Waals surface area contributed by atoms with Crippen molar-refractivity contribution in [3.63, 3.8) is 0 Å². The predicted molar refractivity (Wildman–Crippen MR) is 71.8 cm³/mol. The van der Waals surface area contributed by atoms with E-state index in [-0.39, 0.29) is 5.97 Å². The lowest BCUT2D eigenvalue weighted by Crippen LogP contribution is -2.51. The lowest BCUT2D eigenvalue weighted by molar-refractivity contribution is -0.151. The molecule has 0 aromatic rings. The van der Waals surface area contributed by atoms with Crippen LogP contribution in [0.25, 0.3) is 0 Å². The highest BCUT2D eigenvalue weighted by atomic mass is 16.6. The average molecular weight is 271 g/mol. The Morgan fingerprint density at radius 3 is 2.47 bits per heavy atom. The Bertz CT molecular complexity index is 335. The van der Waals surface area contributed by atoms with Crippen LogP contribution < -0.4 is 0 Å². The maximum Gasteiger partial charge on any atom is 0.411 e. The monoisotopic (exact) mass is 271 g/mol. The summed E-state index contributed by atoms with van der Waals surface area (Å²) in [7, 11) is 0. The molecule has 1 rings (SSSR count). The van der Waals surface area contributed by atoms with Crippen LogP contribution in [0.15, 0.2) is 0 Å². The van der Waals surface area contributed by atoms with Crippen LogP contribution in [-0.4, -0.2) is 41.8 Å². The molecule has 0 aliphatic carbocycles. The van der Waals surface area contributed by atoms with Crippen molar-refractivity contribution in [2.45, 2.75) is 59.1 Å². The molecular formula is C14H25NO4. The van der Waals surface area contributed by atoms with Crippen molar-refractivity contribution >= 4 is 12.1 Å². The Hall–Kier alpha value is -1.26. The molecule has 0 aromatic heterocycles. The first-order valence-corrected chi connectivity index (χ1v) is 6.91. The van der Waals surface area contributed by atoms with E-state index in [4.69, 9.17) is 9.47 Å². The molecule has 0 radical (unpaired) electrons. The smallest absolute Gasteiger partial charge is 0.411 e. The van der Waals surface area contributed by atoms with Gasteiger partial charge in [-0.15, -0.1) is 0 Å². The fraction of sp³-hybridized carbons (Fsp3) is 0.857. The van der Waals surface area contributed by atoms with E-state index in [9.17, 15) is 9.59 Å². The number of rotatable bonds is 2. The topological polar surface area (TPSA) is 55.8 Å². The molecule has 1 fully saturated rings. The zero-order chi connectivity index (χ0) is 14.6. The first-order valence-electron chi connectivity index (χ1n) is 6.91. The summed E-state index contributed by atoms with van der Waals surface area (Å²) in [5.74, 6) is 0.0769. The van der Waals surface area contributed by atoms with Crippen LogP contribution in [0.1, 0.15) is 47.5 Å². The van der Waals surface area contributed by atoms with Crippen molar-refractivity contribution in [2.24, 2.45) is 5.92 Å². The van der Waals surface area contributed by atoms with Gasteiger partial charge in [0.05, 0.1) is 6.61 Å². The fourth-order valence-electron chi connectivity index (χ4n) is 2.14. The lowest BCUT2D eigenvalue weighted by Gasteiger charge is -2.37. The first-order chi connectivity index (χ1) is 8.74. The van der Waals surface area contributed by atoms with E-state index in [0.29, 0.717) is 25.5 Å². The van der Waals surface area contributed by atoms with E-state index in [2.05, 4.69) is 6.92 Å². The van der Waals surface area contributed by atoms with E-state index in [0.717, 1.165) is 6.42 Å². The summed E-state index contributed by atoms with van der Waals surface area (Å²) in [6, 6.07) is -0.515. The van der Waals surface area contributed by atoms with Crippen LogP contribution in [0.4, 0.5) is 4.79 Å². The van der Waals surface area contributed by atoms with Gasteiger partial charge in [-0.3, -0.25) is 4.90 Å². The van der Waals surface area contributed by atoms with E-state index >= 15 is 0 Å². The Morgan fingerprint density at radius 2 is 1.95 bits per heavy atom. The van der Waals surface area contributed by atoms with E-state index in [1.807, 2.05) is 20.8 Å². The summed E-state index contributed by atoms with van der Waals surface area (Å²) < 4.78 is 10.4. The van der Waals surface area contributed by atoms with Crippen molar-refractivity contribution in [2.75, 3.05) is 13.2 Å². The number of piperidine rings is 1. The average Bonchev–Trinajstić information content (AvgIpc) is 2.26. The van der Waals surface area contributed by atoms with Crippen molar-refractivity contribution < 1.29 is 19.1 Å². The van der Waals surface area contributed by atoms with Gasteiger partial charge in [0.25, 0.3) is 0 Å². The maximum atomic E-state index is 12.1. The zero-order valence-corrected chi connectivity index (χ0v) is 12.6. The van der Waals surface area contributed by atoms with Crippen LogP contribution in [0.2, 0.25) is 0 Å². The molecule has 1 heterocycles. The second-order valence-electron chi connectivity index (χ2n) is 6.07. The van der Waals surface area contributed by atoms with Gasteiger partial charge in [-0.2, -0.15) is 0 Å². The van der Waals surface area contributed by atoms with Gasteiger partial charge in [-0.25, -0.2) is 9.59 Å². The van der Waals surface area contributed by atoms with Gasteiger partial charge < -0.3 is 9.47 Å². The summed E-state index contributed by atoms with van der Waals surface area (Å²) in [6.07, 6.45) is 1.09. The normalized spacial score (nSPS) is 23.9. The fourth-order valence-corrected chi connectivity index (χ4v) is 2.14. The van der Waals surface area contributed by atoms with Crippen LogP contribution in [-0.2, 0) is 14.3 Å². The van der Waals surface area contributed by atoms with Gasteiger partial charge in [0.15, 0.2) is 0 Å². The van der Waals surface area contributed by atoms with Crippen molar-refractivity contribution in [3.8, 4) is 0 Å². The standard InChI is InChI=1S/C14H25NO4/c1-6-18-12(16)11-9-10(2)7-8-15(11)13(17)19-14(3,4)5/h10-11H,6-9H2,1-5H3/t10-,11+/m0/s1. The summed E-state index contributed by atoms with van der Waals surface area (Å²) in [5, 5.41) is 0. The molecule has 1 aliphatic rings. The Labute approximate surface area is 115 Å². The van der Waals surface area contributed by atoms with E-state index < -0.39 is 17.7 Å². The van der Waals surface area contributed by atoms with Crippen LogP contribution in [0, 0.1) is 5.92 Å². The molecule has 5 nitrogen and oxygen atoms in total. The molecular weight excluding hydrogens is 246 g/mol. The van der Waals surface area contributed by atoms with Gasteiger partial charge in [0.2, 0.25) is 0 Å². The number of likely N-dealkylation sites (tertiary alicyclic amines) is 1. The van der Waals surface area contributed by atoms with E-state index in [1.54, 1.807) is 6.92 Å². The number of esters is 1. The first kappa shape index (κ1) is 15.8. The third kappa shape index (κ3) is 4.73. The maximum absolute atomic E-state index is 12.1. The quantitative estimate of drug-likeness (QED) is 0.724. The van der Waals surface area contributed by atoms with Gasteiger partial charge in [-0.1, -0.05) is 6.92 Å². The Balaban J connectivity index is 2.77. The van der Waals surface area contributed by atoms with Crippen molar-refractivity contribution in [3.05, 3.63) is 0 Å². The second kappa shape index (κ2) is 6.26. The molecule has 0 unspecified atom stereocenters. The van der Waals surface area contributed by atoms with Crippen LogP contribution >= 0.6 is 0 Å². The minimum Gasteiger partial charge on any atom is -0.464 e. The SMILES string of the molecule is CCOC(=O)[C@H]1C[C@@H](C)CCN1C(=O)OC(C)(C)C. The van der Waals surface area contributed by atoms with Crippen LogP contribution in [0.5, 0.6) is 0 Å². The van der Waals surface area contributed by atoms with E-state index in [1.165, 1.54) is 4.90 Å². The zero-order valence-electron chi connectivity index (χ0n) is 12.6. The highest BCUT2D eigenvalue weighted by Crippen LogP contribution is 2.25. The molecule has 0 aromatic carbocycles. The highest BCUT2D eigenvalue weighted by molar-refractivity contribution is 5.81. The second-order valence-corrected chi connectivity index (χ2v) is 6.07. The molecule has 0 spiro atoms. The molecule has 0 saturated carbocycles. The molecule has 19 heavy (non-hydrogen) atoms. The minimum atomic E-state index is -0.556. The van der Waals surface area contributed by atoms with Gasteiger partial charge in [-0.05, 0) is 46.5 Å².